The minimum atomic E-state index is -0.251. The Bertz CT molecular complexity index is 1070. The molecule has 0 radical (unpaired) electrons. The van der Waals surface area contributed by atoms with Crippen LogP contribution in [0.2, 0.25) is 0 Å². The highest BCUT2D eigenvalue weighted by Crippen LogP contribution is 2.40. The largest absolute Gasteiger partial charge is 0.493 e. The number of aromatic nitrogens is 1. The second-order valence-corrected chi connectivity index (χ2v) is 8.32. The standard InChI is InChI=1S/C24H29N5O2/c1-18(2)29-21-11-7-6-10-20(21)23(24(29)31)26-25-22(30)12-13-27-14-16-28(17-15-27)19-8-4-3-5-9-19/h3-11,18,31H,12-17H2,1-2H3/p+1. The summed E-state index contributed by atoms with van der Waals surface area (Å²) in [6.07, 6.45) is 0.355. The Hall–Kier alpha value is -3.19. The lowest BCUT2D eigenvalue weighted by Crippen LogP contribution is -3.15. The minimum absolute atomic E-state index is 0.0513. The minimum Gasteiger partial charge on any atom is -0.493 e. The number of carbonyl (C=O) groups is 1. The maximum absolute atomic E-state index is 12.4. The van der Waals surface area contributed by atoms with Gasteiger partial charge in [0.05, 0.1) is 44.7 Å². The number of hydrogen-bond acceptors (Lipinski definition) is 4. The van der Waals surface area contributed by atoms with Crippen molar-refractivity contribution >= 4 is 28.2 Å². The summed E-state index contributed by atoms with van der Waals surface area (Å²) < 4.78 is 1.81. The summed E-state index contributed by atoms with van der Waals surface area (Å²) in [5.41, 5.74) is 2.50. The van der Waals surface area contributed by atoms with E-state index in [4.69, 9.17) is 0 Å². The number of fused-ring (bicyclic) bond motifs is 1. The molecular weight excluding hydrogens is 390 g/mol. The van der Waals surface area contributed by atoms with Crippen LogP contribution in [0.4, 0.5) is 11.4 Å². The van der Waals surface area contributed by atoms with E-state index in [1.165, 1.54) is 10.6 Å². The number of azo groups is 1. The SMILES string of the molecule is CC(C)n1c(O)c(N=NC(=O)CC[NH+]2CCN(c3ccccc3)CC2)c2ccccc21. The van der Waals surface area contributed by atoms with Crippen molar-refractivity contribution in [2.45, 2.75) is 26.3 Å². The molecule has 1 saturated heterocycles. The Morgan fingerprint density at radius 1 is 1.06 bits per heavy atom. The Kier molecular flexibility index (Phi) is 6.32. The zero-order chi connectivity index (χ0) is 21.8. The first-order chi connectivity index (χ1) is 15.0. The zero-order valence-electron chi connectivity index (χ0n) is 18.2. The van der Waals surface area contributed by atoms with Crippen LogP contribution in [0.1, 0.15) is 26.3 Å². The van der Waals surface area contributed by atoms with Crippen LogP contribution in [0.5, 0.6) is 5.88 Å². The van der Waals surface area contributed by atoms with E-state index in [0.717, 1.165) is 43.6 Å². The molecule has 0 aliphatic carbocycles. The summed E-state index contributed by atoms with van der Waals surface area (Å²) >= 11 is 0. The van der Waals surface area contributed by atoms with Crippen LogP contribution in [-0.2, 0) is 4.79 Å². The number of rotatable bonds is 6. The lowest BCUT2D eigenvalue weighted by molar-refractivity contribution is -0.900. The van der Waals surface area contributed by atoms with Gasteiger partial charge in [0.25, 0.3) is 5.91 Å². The topological polar surface area (TPSA) is 74.6 Å². The average Bonchev–Trinajstić information content (AvgIpc) is 3.08. The molecular formula is C24H30N5O2+. The van der Waals surface area contributed by atoms with Crippen molar-refractivity contribution in [3.8, 4) is 5.88 Å². The normalized spacial score (nSPS) is 15.4. The van der Waals surface area contributed by atoms with Crippen LogP contribution < -0.4 is 9.80 Å². The monoisotopic (exact) mass is 420 g/mol. The van der Waals surface area contributed by atoms with Crippen LogP contribution in [0.15, 0.2) is 64.8 Å². The Labute approximate surface area is 182 Å². The lowest BCUT2D eigenvalue weighted by Gasteiger charge is -2.33. The summed E-state index contributed by atoms with van der Waals surface area (Å²) in [6, 6.07) is 18.2. The average molecular weight is 421 g/mol. The third-order valence-corrected chi connectivity index (χ3v) is 5.92. The number of nitrogens with one attached hydrogen (secondary N) is 1. The molecule has 0 spiro atoms. The number of anilines is 1. The smallest absolute Gasteiger partial charge is 0.270 e. The molecule has 7 nitrogen and oxygen atoms in total. The number of piperazine rings is 1. The van der Waals surface area contributed by atoms with E-state index in [1.54, 1.807) is 0 Å². The summed E-state index contributed by atoms with van der Waals surface area (Å²) in [5, 5.41) is 19.5. The number of quaternary nitrogens is 1. The Balaban J connectivity index is 1.34. The first kappa shape index (κ1) is 21.1. The molecule has 2 aromatic carbocycles. The second kappa shape index (κ2) is 9.31. The molecule has 31 heavy (non-hydrogen) atoms. The van der Waals surface area contributed by atoms with E-state index in [2.05, 4.69) is 39.4 Å². The number of benzene rings is 2. The molecule has 0 saturated carbocycles. The van der Waals surface area contributed by atoms with Crippen LogP contribution in [0.25, 0.3) is 10.9 Å². The first-order valence-electron chi connectivity index (χ1n) is 10.9. The maximum atomic E-state index is 12.4. The highest BCUT2D eigenvalue weighted by molar-refractivity contribution is 5.95. The maximum Gasteiger partial charge on any atom is 0.270 e. The van der Waals surface area contributed by atoms with E-state index in [0.29, 0.717) is 12.1 Å². The van der Waals surface area contributed by atoms with Gasteiger partial charge >= 0.3 is 0 Å². The van der Waals surface area contributed by atoms with E-state index < -0.39 is 0 Å². The van der Waals surface area contributed by atoms with Gasteiger partial charge < -0.3 is 19.5 Å². The highest BCUT2D eigenvalue weighted by atomic mass is 16.3. The molecule has 2 heterocycles. The number of amides is 1. The predicted molar refractivity (Wildman–Crippen MR) is 122 cm³/mol. The van der Waals surface area contributed by atoms with Crippen LogP contribution in [0, 0.1) is 0 Å². The van der Waals surface area contributed by atoms with Crippen molar-refractivity contribution in [1.82, 2.24) is 4.57 Å². The predicted octanol–water partition coefficient (Wildman–Crippen LogP) is 3.33. The fourth-order valence-electron chi connectivity index (χ4n) is 4.26. The molecule has 3 aromatic rings. The molecule has 0 unspecified atom stereocenters. The quantitative estimate of drug-likeness (QED) is 0.601. The molecule has 4 rings (SSSR count). The Morgan fingerprint density at radius 2 is 1.74 bits per heavy atom. The van der Waals surface area contributed by atoms with Gasteiger partial charge in [0.2, 0.25) is 5.88 Å². The molecule has 1 aliphatic heterocycles. The number of carbonyl (C=O) groups excluding carboxylic acids is 1. The van der Waals surface area contributed by atoms with Crippen molar-refractivity contribution in [3.63, 3.8) is 0 Å². The summed E-state index contributed by atoms with van der Waals surface area (Å²) in [4.78, 5) is 16.2. The zero-order valence-corrected chi connectivity index (χ0v) is 18.2. The lowest BCUT2D eigenvalue weighted by atomic mass is 10.2. The molecule has 1 fully saturated rings. The molecule has 1 amide bonds. The van der Waals surface area contributed by atoms with Crippen molar-refractivity contribution < 1.29 is 14.8 Å². The molecule has 7 heteroatoms. The molecule has 162 valence electrons. The van der Waals surface area contributed by atoms with E-state index in [9.17, 15) is 9.90 Å². The summed E-state index contributed by atoms with van der Waals surface area (Å²) in [5.74, 6) is -0.200. The van der Waals surface area contributed by atoms with Gasteiger partial charge in [-0.15, -0.1) is 10.2 Å². The van der Waals surface area contributed by atoms with Gasteiger partial charge in [-0.1, -0.05) is 36.4 Å². The van der Waals surface area contributed by atoms with Crippen LogP contribution >= 0.6 is 0 Å². The highest BCUT2D eigenvalue weighted by Gasteiger charge is 2.21. The van der Waals surface area contributed by atoms with Crippen molar-refractivity contribution in [2.75, 3.05) is 37.6 Å². The third kappa shape index (κ3) is 4.61. The van der Waals surface area contributed by atoms with Gasteiger partial charge in [0, 0.05) is 17.1 Å². The first-order valence-corrected chi connectivity index (χ1v) is 10.9. The van der Waals surface area contributed by atoms with Gasteiger partial charge in [0.15, 0.2) is 5.69 Å². The second-order valence-electron chi connectivity index (χ2n) is 8.32. The fraction of sp³-hybridized carbons (Fsp3) is 0.375. The molecule has 1 aromatic heterocycles. The molecule has 0 bridgehead atoms. The number of aromatic hydroxyl groups is 1. The van der Waals surface area contributed by atoms with E-state index in [1.807, 2.05) is 48.7 Å². The van der Waals surface area contributed by atoms with Gasteiger partial charge in [-0.25, -0.2) is 0 Å². The van der Waals surface area contributed by atoms with Crippen molar-refractivity contribution in [2.24, 2.45) is 10.2 Å². The van der Waals surface area contributed by atoms with Gasteiger partial charge in [0.1, 0.15) is 0 Å². The van der Waals surface area contributed by atoms with Gasteiger partial charge in [-0.2, -0.15) is 0 Å². The molecule has 2 N–H and O–H groups in total. The van der Waals surface area contributed by atoms with E-state index in [-0.39, 0.29) is 17.8 Å². The molecule has 0 atom stereocenters. The van der Waals surface area contributed by atoms with Crippen molar-refractivity contribution in [3.05, 3.63) is 54.6 Å². The van der Waals surface area contributed by atoms with Gasteiger partial charge in [-0.3, -0.25) is 4.79 Å². The van der Waals surface area contributed by atoms with Gasteiger partial charge in [-0.05, 0) is 32.0 Å². The fourth-order valence-corrected chi connectivity index (χ4v) is 4.26. The third-order valence-electron chi connectivity index (χ3n) is 5.92. The Morgan fingerprint density at radius 3 is 2.45 bits per heavy atom. The number of nitrogens with zero attached hydrogens (tertiary/aromatic N) is 4. The van der Waals surface area contributed by atoms with Crippen molar-refractivity contribution in [1.29, 1.82) is 0 Å². The number of hydrogen-bond donors (Lipinski definition) is 2. The summed E-state index contributed by atoms with van der Waals surface area (Å²) in [7, 11) is 0. The van der Waals surface area contributed by atoms with E-state index >= 15 is 0 Å². The van der Waals surface area contributed by atoms with Crippen LogP contribution in [0.3, 0.4) is 0 Å². The summed E-state index contributed by atoms with van der Waals surface area (Å²) in [6.45, 7) is 8.72. The van der Waals surface area contributed by atoms with Crippen LogP contribution in [-0.4, -0.2) is 48.3 Å². The molecule has 1 aliphatic rings. The number of para-hydroxylation sites is 2.